The van der Waals surface area contributed by atoms with Gasteiger partial charge in [-0.1, -0.05) is 35.9 Å². The van der Waals surface area contributed by atoms with Crippen molar-refractivity contribution in [2.45, 2.75) is 32.9 Å². The van der Waals surface area contributed by atoms with Crippen LogP contribution in [0, 0.1) is 17.1 Å². The lowest BCUT2D eigenvalue weighted by Gasteiger charge is -2.20. The van der Waals surface area contributed by atoms with Crippen LogP contribution < -0.4 is 20.9 Å². The van der Waals surface area contributed by atoms with Gasteiger partial charge in [0.15, 0.2) is 0 Å². The minimum atomic E-state index is -0.729. The number of halogens is 2. The Labute approximate surface area is 218 Å². The third-order valence-corrected chi connectivity index (χ3v) is 5.08. The topological polar surface area (TPSA) is 125 Å². The van der Waals surface area contributed by atoms with E-state index >= 15 is 0 Å². The van der Waals surface area contributed by atoms with Crippen LogP contribution in [0.4, 0.5) is 14.9 Å². The zero-order chi connectivity index (χ0) is 27.2. The van der Waals surface area contributed by atoms with Gasteiger partial charge in [0, 0.05) is 18.2 Å². The molecule has 11 heteroatoms. The first-order valence-electron chi connectivity index (χ1n) is 11.1. The molecule has 3 N–H and O–H groups in total. The van der Waals surface area contributed by atoms with Crippen LogP contribution in [0.2, 0.25) is 5.15 Å². The number of methoxy groups -OCH3 is 1. The van der Waals surface area contributed by atoms with Gasteiger partial charge in [0.05, 0.1) is 24.1 Å². The average Bonchev–Trinajstić information content (AvgIpc) is 2.85. The molecular weight excluding hydrogens is 501 g/mol. The number of rotatable bonds is 7. The summed E-state index contributed by atoms with van der Waals surface area (Å²) in [6, 6.07) is 14.1. The Morgan fingerprint density at radius 3 is 2.46 bits per heavy atom. The van der Waals surface area contributed by atoms with Crippen molar-refractivity contribution >= 4 is 29.3 Å². The van der Waals surface area contributed by atoms with E-state index in [1.807, 2.05) is 0 Å². The van der Waals surface area contributed by atoms with Crippen molar-refractivity contribution in [2.24, 2.45) is 0 Å². The molecule has 0 saturated carbocycles. The van der Waals surface area contributed by atoms with Gasteiger partial charge >= 0.3 is 6.09 Å². The molecule has 0 atom stereocenters. The molecule has 0 bridgehead atoms. The fourth-order valence-electron chi connectivity index (χ4n) is 3.27. The molecule has 0 saturated heterocycles. The summed E-state index contributed by atoms with van der Waals surface area (Å²) in [6.07, 6.45) is -0.729. The van der Waals surface area contributed by atoms with Crippen molar-refractivity contribution in [1.29, 1.82) is 5.26 Å². The Hall–Kier alpha value is -4.36. The normalized spacial score (nSPS) is 10.7. The average molecular weight is 526 g/mol. The van der Waals surface area contributed by atoms with E-state index in [9.17, 15) is 19.2 Å². The maximum absolute atomic E-state index is 13.6. The van der Waals surface area contributed by atoms with E-state index < -0.39 is 23.4 Å². The van der Waals surface area contributed by atoms with E-state index in [4.69, 9.17) is 21.1 Å². The SMILES string of the molecule is COc1ccc(F)cc1C(=O)NCc1ccc(-c2nc(Cl)cc(NNC(=O)OC(C)(C)C)c2C#N)cc1. The quantitative estimate of drug-likeness (QED) is 0.286. The minimum Gasteiger partial charge on any atom is -0.496 e. The predicted octanol–water partition coefficient (Wildman–Crippen LogP) is 5.20. The van der Waals surface area contributed by atoms with E-state index in [1.165, 1.54) is 25.3 Å². The predicted molar refractivity (Wildman–Crippen MR) is 137 cm³/mol. The van der Waals surface area contributed by atoms with Gasteiger partial charge in [-0.25, -0.2) is 19.6 Å². The first-order chi connectivity index (χ1) is 17.5. The van der Waals surface area contributed by atoms with Crippen LogP contribution >= 0.6 is 11.6 Å². The molecule has 0 aliphatic rings. The van der Waals surface area contributed by atoms with Crippen molar-refractivity contribution in [3.8, 4) is 23.1 Å². The second-order valence-electron chi connectivity index (χ2n) is 8.80. The van der Waals surface area contributed by atoms with Crippen molar-refractivity contribution in [3.63, 3.8) is 0 Å². The van der Waals surface area contributed by atoms with Gasteiger partial charge in [-0.05, 0) is 44.5 Å². The molecular formula is C26H25ClFN5O4. The smallest absolute Gasteiger partial charge is 0.426 e. The third-order valence-electron chi connectivity index (χ3n) is 4.88. The molecule has 2 aromatic carbocycles. The monoisotopic (exact) mass is 525 g/mol. The summed E-state index contributed by atoms with van der Waals surface area (Å²) in [5.74, 6) is -0.777. The summed E-state index contributed by atoms with van der Waals surface area (Å²) in [6.45, 7) is 5.34. The summed E-state index contributed by atoms with van der Waals surface area (Å²) < 4.78 is 23.9. The lowest BCUT2D eigenvalue weighted by molar-refractivity contribution is 0.0541. The highest BCUT2D eigenvalue weighted by atomic mass is 35.5. The third kappa shape index (κ3) is 7.32. The van der Waals surface area contributed by atoms with E-state index in [0.29, 0.717) is 11.3 Å². The number of benzene rings is 2. The summed E-state index contributed by atoms with van der Waals surface area (Å²) >= 11 is 6.17. The number of hydrazine groups is 1. The number of aromatic nitrogens is 1. The number of ether oxygens (including phenoxy) is 2. The molecule has 0 spiro atoms. The fourth-order valence-corrected chi connectivity index (χ4v) is 3.47. The second kappa shape index (κ2) is 11.6. The molecule has 1 aromatic heterocycles. The van der Waals surface area contributed by atoms with Gasteiger partial charge in [0.25, 0.3) is 5.91 Å². The van der Waals surface area contributed by atoms with Crippen molar-refractivity contribution in [3.05, 3.63) is 76.2 Å². The number of anilines is 1. The van der Waals surface area contributed by atoms with E-state index in [1.54, 1.807) is 45.0 Å². The van der Waals surface area contributed by atoms with Crippen LogP contribution in [-0.4, -0.2) is 29.7 Å². The maximum Gasteiger partial charge on any atom is 0.426 e. The first-order valence-corrected chi connectivity index (χ1v) is 11.4. The van der Waals surface area contributed by atoms with E-state index in [2.05, 4.69) is 27.2 Å². The summed E-state index contributed by atoms with van der Waals surface area (Å²) in [4.78, 5) is 28.8. The maximum atomic E-state index is 13.6. The molecule has 3 rings (SSSR count). The van der Waals surface area contributed by atoms with Gasteiger partial charge in [-0.2, -0.15) is 5.26 Å². The molecule has 0 radical (unpaired) electrons. The molecule has 0 unspecified atom stereocenters. The number of nitriles is 1. The van der Waals surface area contributed by atoms with Crippen LogP contribution in [0.1, 0.15) is 42.3 Å². The number of nitrogens with one attached hydrogen (secondary N) is 3. The Balaban J connectivity index is 1.75. The van der Waals surface area contributed by atoms with Crippen LogP contribution in [-0.2, 0) is 11.3 Å². The van der Waals surface area contributed by atoms with Crippen LogP contribution in [0.25, 0.3) is 11.3 Å². The fraction of sp³-hybridized carbons (Fsp3) is 0.231. The Kier molecular flexibility index (Phi) is 8.52. The summed E-state index contributed by atoms with van der Waals surface area (Å²) in [5.41, 5.74) is 6.44. The zero-order valence-electron chi connectivity index (χ0n) is 20.6. The standard InChI is InChI=1S/C26H25ClFN5O4/c1-26(2,3)37-25(35)33-32-20-12-22(27)31-23(19(20)13-29)16-7-5-15(6-8-16)14-30-24(34)18-11-17(28)9-10-21(18)36-4/h5-12H,14H2,1-4H3,(H,30,34)(H,31,32)(H,33,35). The molecule has 9 nitrogen and oxygen atoms in total. The molecule has 0 aliphatic carbocycles. The molecule has 37 heavy (non-hydrogen) atoms. The van der Waals surface area contributed by atoms with Gasteiger partial charge in [-0.15, -0.1) is 0 Å². The number of carbonyl (C=O) groups excluding carboxylic acids is 2. The number of amides is 2. The Morgan fingerprint density at radius 1 is 1.14 bits per heavy atom. The van der Waals surface area contributed by atoms with Gasteiger partial charge in [0.2, 0.25) is 0 Å². The highest BCUT2D eigenvalue weighted by molar-refractivity contribution is 6.30. The van der Waals surface area contributed by atoms with Crippen LogP contribution in [0.15, 0.2) is 48.5 Å². The molecule has 0 fully saturated rings. The van der Waals surface area contributed by atoms with Crippen molar-refractivity contribution in [1.82, 2.24) is 15.7 Å². The number of hydrogen-bond donors (Lipinski definition) is 3. The summed E-state index contributed by atoms with van der Waals surface area (Å²) in [7, 11) is 1.40. The van der Waals surface area contributed by atoms with Crippen LogP contribution in [0.5, 0.6) is 5.75 Å². The number of pyridine rings is 1. The lowest BCUT2D eigenvalue weighted by atomic mass is 10.0. The van der Waals surface area contributed by atoms with Crippen molar-refractivity contribution < 1.29 is 23.5 Å². The highest BCUT2D eigenvalue weighted by Gasteiger charge is 2.18. The first kappa shape index (κ1) is 27.2. The minimum absolute atomic E-state index is 0.0842. The van der Waals surface area contributed by atoms with Gasteiger partial charge in [0.1, 0.15) is 34.0 Å². The zero-order valence-corrected chi connectivity index (χ0v) is 21.4. The number of carbonyl (C=O) groups is 2. The van der Waals surface area contributed by atoms with Crippen LogP contribution in [0.3, 0.4) is 0 Å². The number of nitrogens with zero attached hydrogens (tertiary/aromatic N) is 2. The Morgan fingerprint density at radius 2 is 1.84 bits per heavy atom. The molecule has 192 valence electrons. The molecule has 3 aromatic rings. The number of hydrogen-bond acceptors (Lipinski definition) is 7. The lowest BCUT2D eigenvalue weighted by Crippen LogP contribution is -2.36. The molecule has 1 heterocycles. The van der Waals surface area contributed by atoms with E-state index in [0.717, 1.165) is 11.6 Å². The molecule has 2 amide bonds. The second-order valence-corrected chi connectivity index (χ2v) is 9.19. The Bertz CT molecular complexity index is 1350. The van der Waals surface area contributed by atoms with Gasteiger partial charge in [-0.3, -0.25) is 10.2 Å². The highest BCUT2D eigenvalue weighted by Crippen LogP contribution is 2.30. The van der Waals surface area contributed by atoms with Gasteiger partial charge < -0.3 is 14.8 Å². The summed E-state index contributed by atoms with van der Waals surface area (Å²) in [5, 5.41) is 12.6. The molecule has 0 aliphatic heterocycles. The largest absolute Gasteiger partial charge is 0.496 e. The van der Waals surface area contributed by atoms with Crippen molar-refractivity contribution in [2.75, 3.05) is 12.5 Å². The van der Waals surface area contributed by atoms with E-state index in [-0.39, 0.29) is 34.3 Å².